The number of pyridine rings is 2. The third kappa shape index (κ3) is 6.69. The molecule has 0 saturated carbocycles. The molecule has 14 nitrogen and oxygen atoms in total. The molecule has 0 radical (unpaired) electrons. The molecule has 8 aromatic rings. The molecule has 0 spiro atoms. The number of hydrogen-bond acceptors (Lipinski definition) is 9. The van der Waals surface area contributed by atoms with Gasteiger partial charge < -0.3 is 18.7 Å². The van der Waals surface area contributed by atoms with Crippen molar-refractivity contribution in [2.45, 2.75) is 47.7 Å². The highest BCUT2D eigenvalue weighted by molar-refractivity contribution is 5.91. The molecule has 0 unspecified atom stereocenters. The van der Waals surface area contributed by atoms with Gasteiger partial charge in [-0.3, -0.25) is 0 Å². The SMILES string of the molecule is CCOC(=O)c1coc(-c2ccn3ncc(-c4c(C)nn(C(F)F)c4C)c3c2)c1.Cc1nn(C(F)F)c(C)c1-c1cnn2ccc(-c3cc(C(=O)O)co3)cc12. The zero-order chi connectivity index (χ0) is 40.0. The Bertz CT molecular complexity index is 2750. The molecule has 0 saturated heterocycles. The van der Waals surface area contributed by atoms with E-state index in [2.05, 4.69) is 20.4 Å². The minimum absolute atomic E-state index is 0.0449. The van der Waals surface area contributed by atoms with E-state index in [1.807, 2.05) is 6.07 Å². The number of nitrogens with zero attached hydrogens (tertiary/aromatic N) is 8. The summed E-state index contributed by atoms with van der Waals surface area (Å²) in [5.41, 5.74) is 7.31. The van der Waals surface area contributed by atoms with Crippen LogP contribution in [0.1, 0.15) is 63.5 Å². The highest BCUT2D eigenvalue weighted by Gasteiger charge is 2.23. The Morgan fingerprint density at radius 2 is 1.18 bits per heavy atom. The summed E-state index contributed by atoms with van der Waals surface area (Å²) in [6, 6.07) is 10.1. The molecule has 0 amide bonds. The number of carboxylic acids is 1. The average Bonchev–Trinajstić information content (AvgIpc) is 4.02. The summed E-state index contributed by atoms with van der Waals surface area (Å²) in [6.07, 6.45) is 9.16. The molecule has 0 atom stereocenters. The third-order valence-corrected chi connectivity index (χ3v) is 9.13. The fourth-order valence-electron chi connectivity index (χ4n) is 6.55. The number of carbonyl (C=O) groups is 2. The van der Waals surface area contributed by atoms with Gasteiger partial charge in [0, 0.05) is 57.2 Å². The van der Waals surface area contributed by atoms with Crippen LogP contribution in [-0.2, 0) is 4.74 Å². The summed E-state index contributed by atoms with van der Waals surface area (Å²) in [5, 5.41) is 25.5. The van der Waals surface area contributed by atoms with E-state index in [9.17, 15) is 27.2 Å². The van der Waals surface area contributed by atoms with Crippen LogP contribution < -0.4 is 0 Å². The van der Waals surface area contributed by atoms with Gasteiger partial charge in [-0.25, -0.2) is 28.0 Å². The largest absolute Gasteiger partial charge is 0.478 e. The first-order valence-corrected chi connectivity index (χ1v) is 17.0. The van der Waals surface area contributed by atoms with Gasteiger partial charge in [-0.05, 0) is 71.0 Å². The molecule has 0 aromatic carbocycles. The van der Waals surface area contributed by atoms with Crippen molar-refractivity contribution in [1.29, 1.82) is 0 Å². The maximum atomic E-state index is 13.2. The number of alkyl halides is 4. The molecule has 1 N–H and O–H groups in total. The number of aromatic carboxylic acids is 1. The molecule has 8 rings (SSSR count). The van der Waals surface area contributed by atoms with Gasteiger partial charge in [-0.15, -0.1) is 0 Å². The number of aromatic nitrogens is 8. The van der Waals surface area contributed by atoms with E-state index >= 15 is 0 Å². The number of rotatable bonds is 9. The van der Waals surface area contributed by atoms with Crippen LogP contribution in [0.2, 0.25) is 0 Å². The summed E-state index contributed by atoms with van der Waals surface area (Å²) in [5.74, 6) is -0.667. The molecule has 0 aliphatic carbocycles. The molecule has 0 fully saturated rings. The second-order valence-electron chi connectivity index (χ2n) is 12.6. The lowest BCUT2D eigenvalue weighted by Gasteiger charge is -2.04. The predicted molar refractivity (Wildman–Crippen MR) is 193 cm³/mol. The Hall–Kier alpha value is -6.98. The predicted octanol–water partition coefficient (Wildman–Crippen LogP) is 8.81. The number of halogens is 4. The minimum atomic E-state index is -2.73. The molecule has 0 aliphatic heterocycles. The number of aryl methyl sites for hydroxylation is 2. The van der Waals surface area contributed by atoms with Crippen molar-refractivity contribution in [2.24, 2.45) is 0 Å². The smallest absolute Gasteiger partial charge is 0.341 e. The van der Waals surface area contributed by atoms with Crippen LogP contribution in [0.4, 0.5) is 17.6 Å². The number of esters is 1. The molecule has 8 heterocycles. The van der Waals surface area contributed by atoms with Crippen LogP contribution in [0.25, 0.3) is 55.9 Å². The highest BCUT2D eigenvalue weighted by atomic mass is 19.3. The quantitative estimate of drug-likeness (QED) is 0.111. The van der Waals surface area contributed by atoms with Crippen LogP contribution in [0.3, 0.4) is 0 Å². The second kappa shape index (κ2) is 14.7. The van der Waals surface area contributed by atoms with Gasteiger partial charge in [0.15, 0.2) is 0 Å². The fourth-order valence-corrected chi connectivity index (χ4v) is 6.55. The van der Waals surface area contributed by atoms with Crippen LogP contribution >= 0.6 is 0 Å². The molecule has 288 valence electrons. The fraction of sp³-hybridized carbons (Fsp3) is 0.211. The number of hydrogen-bond donors (Lipinski definition) is 1. The number of ether oxygens (including phenoxy) is 1. The topological polar surface area (TPSA) is 160 Å². The lowest BCUT2D eigenvalue weighted by Crippen LogP contribution is -2.02. The molecule has 8 aromatic heterocycles. The minimum Gasteiger partial charge on any atom is -0.478 e. The summed E-state index contributed by atoms with van der Waals surface area (Å²) in [7, 11) is 0. The maximum Gasteiger partial charge on any atom is 0.341 e. The first kappa shape index (κ1) is 37.3. The van der Waals surface area contributed by atoms with Gasteiger partial charge in [0.2, 0.25) is 0 Å². The van der Waals surface area contributed by atoms with Crippen molar-refractivity contribution >= 4 is 23.0 Å². The van der Waals surface area contributed by atoms with Crippen molar-refractivity contribution in [1.82, 2.24) is 38.8 Å². The van der Waals surface area contributed by atoms with E-state index < -0.39 is 25.0 Å². The summed E-state index contributed by atoms with van der Waals surface area (Å²) in [6.45, 7) is 3.10. The number of carbonyl (C=O) groups excluding carboxylic acids is 1. The molecule has 56 heavy (non-hydrogen) atoms. The Morgan fingerprint density at radius 3 is 1.57 bits per heavy atom. The Balaban J connectivity index is 0.000000172. The van der Waals surface area contributed by atoms with Crippen molar-refractivity contribution < 1.29 is 45.8 Å². The van der Waals surface area contributed by atoms with Gasteiger partial charge in [-0.1, -0.05) is 0 Å². The zero-order valence-corrected chi connectivity index (χ0v) is 30.4. The lowest BCUT2D eigenvalue weighted by atomic mass is 10.0. The number of carboxylic acid groups (broad SMARTS) is 1. The summed E-state index contributed by atoms with van der Waals surface area (Å²) < 4.78 is 73.2. The van der Waals surface area contributed by atoms with Gasteiger partial charge >= 0.3 is 25.0 Å². The van der Waals surface area contributed by atoms with E-state index in [0.717, 1.165) is 0 Å². The van der Waals surface area contributed by atoms with E-state index in [1.54, 1.807) is 92.7 Å². The van der Waals surface area contributed by atoms with Crippen molar-refractivity contribution in [3.8, 4) is 44.9 Å². The van der Waals surface area contributed by atoms with Gasteiger partial charge in [0.1, 0.15) is 24.0 Å². The van der Waals surface area contributed by atoms with E-state index in [4.69, 9.17) is 18.7 Å². The van der Waals surface area contributed by atoms with Gasteiger partial charge in [0.25, 0.3) is 0 Å². The van der Waals surface area contributed by atoms with Crippen LogP contribution in [0.15, 0.2) is 82.5 Å². The third-order valence-electron chi connectivity index (χ3n) is 9.13. The maximum absolute atomic E-state index is 13.2. The van der Waals surface area contributed by atoms with Crippen molar-refractivity contribution in [3.63, 3.8) is 0 Å². The summed E-state index contributed by atoms with van der Waals surface area (Å²) >= 11 is 0. The van der Waals surface area contributed by atoms with Crippen LogP contribution in [0.5, 0.6) is 0 Å². The van der Waals surface area contributed by atoms with E-state index in [1.165, 1.54) is 18.6 Å². The first-order valence-electron chi connectivity index (χ1n) is 17.0. The standard InChI is InChI=1S/C20H18F2N4O3.C18H14F2N4O3/c1-4-28-19(27)14-8-17(29-10-14)13-5-6-25-16(7-13)15(9-23-25)18-11(2)24-26(12(18)3)20(21)22;1-9-16(10(2)24(22-9)18(19)20)13-7-21-23-4-3-11(5-14(13)23)15-6-12(8-27-15)17(25)26/h5-10,20H,4H2,1-3H3;3-8,18H,1-2H3,(H,25,26). The average molecular weight is 773 g/mol. The molecule has 0 bridgehead atoms. The van der Waals surface area contributed by atoms with E-state index in [-0.39, 0.29) is 12.2 Å². The molecular weight excluding hydrogens is 740 g/mol. The Labute approximate surface area is 314 Å². The number of fused-ring (bicyclic) bond motifs is 2. The van der Waals surface area contributed by atoms with Crippen molar-refractivity contribution in [3.05, 3.63) is 108 Å². The normalized spacial score (nSPS) is 11.6. The van der Waals surface area contributed by atoms with Gasteiger partial charge in [0.05, 0.1) is 52.5 Å². The monoisotopic (exact) mass is 772 g/mol. The Kier molecular flexibility index (Phi) is 9.79. The van der Waals surface area contributed by atoms with Crippen LogP contribution in [-0.4, -0.2) is 62.4 Å². The molecule has 18 heteroatoms. The number of furan rings is 2. The van der Waals surface area contributed by atoms with E-state index in [0.29, 0.717) is 93.6 Å². The van der Waals surface area contributed by atoms with Crippen LogP contribution in [0, 0.1) is 27.7 Å². The molecular formula is C38H32F4N8O6. The lowest BCUT2D eigenvalue weighted by molar-refractivity contribution is 0.0521. The molecule has 0 aliphatic rings. The zero-order valence-electron chi connectivity index (χ0n) is 30.4. The van der Waals surface area contributed by atoms with Crippen molar-refractivity contribution in [2.75, 3.05) is 6.61 Å². The first-order chi connectivity index (χ1) is 26.8. The van der Waals surface area contributed by atoms with Gasteiger partial charge in [-0.2, -0.15) is 38.0 Å². The highest BCUT2D eigenvalue weighted by Crippen LogP contribution is 2.36. The Morgan fingerprint density at radius 1 is 0.732 bits per heavy atom. The summed E-state index contributed by atoms with van der Waals surface area (Å²) in [4.78, 5) is 22.9. The second-order valence-corrected chi connectivity index (χ2v) is 12.6.